The monoisotopic (exact) mass is 236 g/mol. The van der Waals surface area contributed by atoms with Gasteiger partial charge in [0.2, 0.25) is 15.9 Å². The summed E-state index contributed by atoms with van der Waals surface area (Å²) in [5.74, 6) is -0.561. The lowest BCUT2D eigenvalue weighted by molar-refractivity contribution is -0.128. The summed E-state index contributed by atoms with van der Waals surface area (Å²) in [5, 5.41) is 8.46. The second-order valence-electron chi connectivity index (χ2n) is 3.45. The Morgan fingerprint density at radius 1 is 1.33 bits per heavy atom. The molecule has 1 rings (SSSR count). The van der Waals surface area contributed by atoms with Gasteiger partial charge in [0.1, 0.15) is 0 Å². The quantitative estimate of drug-likeness (QED) is 0.609. The predicted octanol–water partition coefficient (Wildman–Crippen LogP) is -1.48. The van der Waals surface area contributed by atoms with Gasteiger partial charge in [-0.15, -0.1) is 0 Å². The Morgan fingerprint density at radius 3 is 2.47 bits per heavy atom. The van der Waals surface area contributed by atoms with Crippen LogP contribution in [0.15, 0.2) is 0 Å². The Morgan fingerprint density at radius 2 is 1.93 bits per heavy atom. The number of hydrogen-bond acceptors (Lipinski definition) is 4. The van der Waals surface area contributed by atoms with E-state index in [4.69, 9.17) is 5.11 Å². The Labute approximate surface area is 89.3 Å². The fourth-order valence-corrected chi connectivity index (χ4v) is 2.17. The first-order chi connectivity index (χ1) is 7.05. The van der Waals surface area contributed by atoms with E-state index >= 15 is 0 Å². The predicted molar refractivity (Wildman–Crippen MR) is 54.7 cm³/mol. The Bertz CT molecular complexity index is 309. The highest BCUT2D eigenvalue weighted by Crippen LogP contribution is 2.06. The fraction of sp³-hybridized carbons (Fsp3) is 0.875. The zero-order chi connectivity index (χ0) is 11.3. The van der Waals surface area contributed by atoms with Crippen LogP contribution in [0.5, 0.6) is 0 Å². The van der Waals surface area contributed by atoms with Crippen molar-refractivity contribution in [3.8, 4) is 0 Å². The highest BCUT2D eigenvalue weighted by molar-refractivity contribution is 7.89. The molecule has 1 fully saturated rings. The van der Waals surface area contributed by atoms with Gasteiger partial charge in [-0.2, -0.15) is 0 Å². The van der Waals surface area contributed by atoms with Gasteiger partial charge >= 0.3 is 0 Å². The van der Waals surface area contributed by atoms with E-state index in [2.05, 4.69) is 4.72 Å². The Kier molecular flexibility index (Phi) is 4.49. The molecule has 1 saturated heterocycles. The molecule has 0 unspecified atom stereocenters. The van der Waals surface area contributed by atoms with Crippen LogP contribution in [0.2, 0.25) is 0 Å². The van der Waals surface area contributed by atoms with E-state index in [-0.39, 0.29) is 18.2 Å². The molecule has 0 aliphatic carbocycles. The van der Waals surface area contributed by atoms with Gasteiger partial charge in [0.15, 0.2) is 0 Å². The third-order valence-electron chi connectivity index (χ3n) is 2.26. The van der Waals surface area contributed by atoms with Gasteiger partial charge in [0.25, 0.3) is 0 Å². The van der Waals surface area contributed by atoms with Crippen molar-refractivity contribution in [3.63, 3.8) is 0 Å². The Hall–Kier alpha value is -0.660. The summed E-state index contributed by atoms with van der Waals surface area (Å²) in [6.45, 7) is 0.774. The summed E-state index contributed by atoms with van der Waals surface area (Å²) in [6.07, 6.45) is 1.96. The lowest BCUT2D eigenvalue weighted by Crippen LogP contribution is -2.39. The van der Waals surface area contributed by atoms with Crippen molar-refractivity contribution in [2.45, 2.75) is 12.8 Å². The lowest BCUT2D eigenvalue weighted by Gasteiger charge is -2.15. The number of carbonyl (C=O) groups is 1. The third-order valence-corrected chi connectivity index (χ3v) is 3.57. The third kappa shape index (κ3) is 4.15. The molecule has 1 heterocycles. The van der Waals surface area contributed by atoms with E-state index in [1.165, 1.54) is 0 Å². The molecular weight excluding hydrogens is 220 g/mol. The van der Waals surface area contributed by atoms with Crippen LogP contribution in [-0.2, 0) is 14.8 Å². The van der Waals surface area contributed by atoms with Gasteiger partial charge in [-0.05, 0) is 12.8 Å². The zero-order valence-electron chi connectivity index (χ0n) is 8.48. The second-order valence-corrected chi connectivity index (χ2v) is 5.38. The van der Waals surface area contributed by atoms with Crippen LogP contribution in [0.1, 0.15) is 12.8 Å². The molecule has 0 aromatic carbocycles. The van der Waals surface area contributed by atoms with Crippen molar-refractivity contribution in [1.82, 2.24) is 9.62 Å². The molecule has 88 valence electrons. The summed E-state index contributed by atoms with van der Waals surface area (Å²) in [4.78, 5) is 13.1. The number of likely N-dealkylation sites (tertiary alicyclic amines) is 1. The number of carbonyl (C=O) groups excluding carboxylic acids is 1. The number of rotatable bonds is 5. The molecule has 1 aliphatic heterocycles. The molecule has 1 aliphatic rings. The molecule has 0 radical (unpaired) electrons. The van der Waals surface area contributed by atoms with Crippen molar-refractivity contribution >= 4 is 15.9 Å². The van der Waals surface area contributed by atoms with Crippen molar-refractivity contribution in [2.24, 2.45) is 0 Å². The van der Waals surface area contributed by atoms with Gasteiger partial charge in [-0.25, -0.2) is 13.1 Å². The maximum absolute atomic E-state index is 11.4. The van der Waals surface area contributed by atoms with Crippen LogP contribution >= 0.6 is 0 Å². The minimum absolute atomic E-state index is 0.200. The molecule has 6 nitrogen and oxygen atoms in total. The molecule has 2 N–H and O–H groups in total. The van der Waals surface area contributed by atoms with E-state index in [9.17, 15) is 13.2 Å². The largest absolute Gasteiger partial charge is 0.395 e. The summed E-state index contributed by atoms with van der Waals surface area (Å²) >= 11 is 0. The van der Waals surface area contributed by atoms with E-state index in [0.29, 0.717) is 13.1 Å². The van der Waals surface area contributed by atoms with Crippen molar-refractivity contribution in [3.05, 3.63) is 0 Å². The topological polar surface area (TPSA) is 86.7 Å². The lowest BCUT2D eigenvalue weighted by atomic mass is 10.4. The van der Waals surface area contributed by atoms with Gasteiger partial charge in [-0.3, -0.25) is 4.79 Å². The standard InChI is InChI=1S/C8H16N2O4S/c11-5-6-15(13,14)9-7-8(12)10-3-1-2-4-10/h9,11H,1-7H2. The van der Waals surface area contributed by atoms with E-state index in [0.717, 1.165) is 12.8 Å². The molecule has 0 bridgehead atoms. The van der Waals surface area contributed by atoms with E-state index in [1.807, 2.05) is 0 Å². The maximum atomic E-state index is 11.4. The van der Waals surface area contributed by atoms with Crippen LogP contribution in [0, 0.1) is 0 Å². The molecule has 15 heavy (non-hydrogen) atoms. The zero-order valence-corrected chi connectivity index (χ0v) is 9.29. The first-order valence-electron chi connectivity index (χ1n) is 4.91. The number of aliphatic hydroxyl groups excluding tert-OH is 1. The van der Waals surface area contributed by atoms with Gasteiger partial charge in [0.05, 0.1) is 18.9 Å². The minimum Gasteiger partial charge on any atom is -0.395 e. The maximum Gasteiger partial charge on any atom is 0.237 e. The first kappa shape index (κ1) is 12.4. The highest BCUT2D eigenvalue weighted by atomic mass is 32.2. The average Bonchev–Trinajstić information content (AvgIpc) is 2.67. The molecule has 0 saturated carbocycles. The number of nitrogens with one attached hydrogen (secondary N) is 1. The van der Waals surface area contributed by atoms with E-state index < -0.39 is 16.6 Å². The molecule has 7 heteroatoms. The second kappa shape index (κ2) is 5.43. The summed E-state index contributed by atoms with van der Waals surface area (Å²) in [6, 6.07) is 0. The van der Waals surface area contributed by atoms with Gasteiger partial charge in [-0.1, -0.05) is 0 Å². The number of aliphatic hydroxyl groups is 1. The van der Waals surface area contributed by atoms with Crippen molar-refractivity contribution < 1.29 is 18.3 Å². The fourth-order valence-electron chi connectivity index (χ4n) is 1.44. The number of sulfonamides is 1. The number of nitrogens with zero attached hydrogens (tertiary/aromatic N) is 1. The average molecular weight is 236 g/mol. The summed E-state index contributed by atoms with van der Waals surface area (Å²) in [5.41, 5.74) is 0. The minimum atomic E-state index is -3.50. The van der Waals surface area contributed by atoms with Crippen LogP contribution in [0.25, 0.3) is 0 Å². The highest BCUT2D eigenvalue weighted by Gasteiger charge is 2.19. The van der Waals surface area contributed by atoms with Crippen LogP contribution in [-0.4, -0.2) is 56.3 Å². The molecule has 1 amide bonds. The van der Waals surface area contributed by atoms with Gasteiger partial charge < -0.3 is 10.0 Å². The number of hydrogen-bond donors (Lipinski definition) is 2. The van der Waals surface area contributed by atoms with Crippen molar-refractivity contribution in [1.29, 1.82) is 0 Å². The van der Waals surface area contributed by atoms with Crippen molar-refractivity contribution in [2.75, 3.05) is 32.0 Å². The molecular formula is C8H16N2O4S. The Balaban J connectivity index is 2.33. The van der Waals surface area contributed by atoms with Crippen LogP contribution in [0.4, 0.5) is 0 Å². The number of amides is 1. The SMILES string of the molecule is O=C(CNS(=O)(=O)CCO)N1CCCC1. The summed E-state index contributed by atoms with van der Waals surface area (Å²) in [7, 11) is -3.50. The summed E-state index contributed by atoms with van der Waals surface area (Å²) < 4.78 is 24.4. The normalized spacial score (nSPS) is 17.0. The van der Waals surface area contributed by atoms with Gasteiger partial charge in [0, 0.05) is 13.1 Å². The van der Waals surface area contributed by atoms with Crippen LogP contribution in [0.3, 0.4) is 0 Å². The molecule has 0 spiro atoms. The van der Waals surface area contributed by atoms with E-state index in [1.54, 1.807) is 4.90 Å². The first-order valence-corrected chi connectivity index (χ1v) is 6.56. The smallest absolute Gasteiger partial charge is 0.237 e. The molecule has 0 atom stereocenters. The molecule has 0 aromatic rings. The van der Waals surface area contributed by atoms with Crippen LogP contribution < -0.4 is 4.72 Å². The molecule has 0 aromatic heterocycles.